The minimum atomic E-state index is -0.600. The number of fused-ring (bicyclic) bond motifs is 1. The van der Waals surface area contributed by atoms with Crippen molar-refractivity contribution in [3.63, 3.8) is 0 Å². The van der Waals surface area contributed by atoms with Crippen LogP contribution < -0.4 is 20.9 Å². The number of ether oxygens (including phenoxy) is 2. The molecule has 152 valence electrons. The molecule has 29 heavy (non-hydrogen) atoms. The molecule has 0 unspecified atom stereocenters. The molecule has 4 rings (SSSR count). The maximum atomic E-state index is 14.7. The first kappa shape index (κ1) is 20.6. The lowest BCUT2D eigenvalue weighted by Crippen LogP contribution is -2.26. The van der Waals surface area contributed by atoms with E-state index in [2.05, 4.69) is 5.10 Å². The predicted molar refractivity (Wildman–Crippen MR) is 105 cm³/mol. The number of benzene rings is 2. The largest absolute Gasteiger partial charge is 0.454 e. The third kappa shape index (κ3) is 3.87. The molecule has 2 heterocycles. The van der Waals surface area contributed by atoms with E-state index in [1.165, 1.54) is 18.5 Å². The molecule has 7 nitrogen and oxygen atoms in total. The first-order valence-corrected chi connectivity index (χ1v) is 8.43. The summed E-state index contributed by atoms with van der Waals surface area (Å²) in [5, 5.41) is 3.90. The zero-order chi connectivity index (χ0) is 19.7. The van der Waals surface area contributed by atoms with Crippen LogP contribution in [0, 0.1) is 5.82 Å². The van der Waals surface area contributed by atoms with Crippen LogP contribution in [-0.4, -0.2) is 27.7 Å². The molecule has 0 saturated carbocycles. The van der Waals surface area contributed by atoms with Crippen molar-refractivity contribution < 1.29 is 18.3 Å². The highest BCUT2D eigenvalue weighted by Gasteiger charge is 2.16. The fourth-order valence-electron chi connectivity index (χ4n) is 2.90. The summed E-state index contributed by atoms with van der Waals surface area (Å²) in [6.45, 7) is 0.00653. The zero-order valence-corrected chi connectivity index (χ0v) is 15.9. The van der Waals surface area contributed by atoms with E-state index in [1.807, 2.05) is 0 Å². The average Bonchev–Trinajstić information content (AvgIpc) is 3.32. The number of nitrogens with two attached hydrogens (primary N) is 1. The quantitative estimate of drug-likeness (QED) is 0.683. The Morgan fingerprint density at radius 3 is 2.62 bits per heavy atom. The lowest BCUT2D eigenvalue weighted by atomic mass is 10.0. The van der Waals surface area contributed by atoms with Crippen molar-refractivity contribution in [3.05, 3.63) is 70.9 Å². The number of hydrogen-bond acceptors (Lipinski definition) is 5. The highest BCUT2D eigenvalue weighted by atomic mass is 35.5. The molecule has 1 aliphatic heterocycles. The Kier molecular flexibility index (Phi) is 6.00. The van der Waals surface area contributed by atoms with Gasteiger partial charge in [0, 0.05) is 6.54 Å². The summed E-state index contributed by atoms with van der Waals surface area (Å²) in [7, 11) is 0. The molecule has 3 aromatic rings. The van der Waals surface area contributed by atoms with E-state index in [4.69, 9.17) is 15.2 Å². The van der Waals surface area contributed by atoms with Crippen LogP contribution in [0.5, 0.6) is 11.5 Å². The fraction of sp³-hybridized carbons (Fsp3) is 0.158. The molecule has 0 amide bonds. The van der Waals surface area contributed by atoms with Gasteiger partial charge in [-0.05, 0) is 41.0 Å². The van der Waals surface area contributed by atoms with E-state index >= 15 is 0 Å². The number of hydrogen-bond donors (Lipinski definition) is 1. The van der Waals surface area contributed by atoms with E-state index < -0.39 is 11.5 Å². The van der Waals surface area contributed by atoms with Crippen molar-refractivity contribution in [3.8, 4) is 28.3 Å². The number of halogens is 3. The molecule has 0 fully saturated rings. The van der Waals surface area contributed by atoms with Gasteiger partial charge in [0.25, 0.3) is 0 Å². The molecule has 1 aliphatic rings. The molecule has 0 radical (unpaired) electrons. The smallest absolute Gasteiger partial charge is 0.350 e. The SMILES string of the molecule is Cl.NC/C(=C\F)Cn1ncn(-c2ccc(-c3ccc4c(c3)OCO4)cc2F)c1=O. The number of rotatable bonds is 5. The molecular formula is C19H17ClF2N4O3. The first-order chi connectivity index (χ1) is 13.6. The zero-order valence-electron chi connectivity index (χ0n) is 15.0. The molecule has 0 bridgehead atoms. The van der Waals surface area contributed by atoms with Gasteiger partial charge in [-0.15, -0.1) is 12.4 Å². The Balaban J connectivity index is 0.00000240. The van der Waals surface area contributed by atoms with Gasteiger partial charge in [-0.2, -0.15) is 5.10 Å². The molecule has 2 aromatic carbocycles. The molecular weight excluding hydrogens is 406 g/mol. The summed E-state index contributed by atoms with van der Waals surface area (Å²) in [5.41, 5.74) is 6.41. The van der Waals surface area contributed by atoms with Crippen LogP contribution in [0.2, 0.25) is 0 Å². The maximum Gasteiger partial charge on any atom is 0.350 e. The average molecular weight is 423 g/mol. The van der Waals surface area contributed by atoms with Crippen LogP contribution in [0.15, 0.2) is 59.4 Å². The number of aromatic nitrogens is 3. The highest BCUT2D eigenvalue weighted by molar-refractivity contribution is 5.85. The summed E-state index contributed by atoms with van der Waals surface area (Å²) in [4.78, 5) is 12.4. The predicted octanol–water partition coefficient (Wildman–Crippen LogP) is 2.80. The van der Waals surface area contributed by atoms with Crippen molar-refractivity contribution in [2.24, 2.45) is 5.73 Å². The van der Waals surface area contributed by atoms with Gasteiger partial charge in [-0.3, -0.25) is 0 Å². The van der Waals surface area contributed by atoms with E-state index in [0.29, 0.717) is 23.4 Å². The topological polar surface area (TPSA) is 84.3 Å². The van der Waals surface area contributed by atoms with Crippen LogP contribution in [0.1, 0.15) is 0 Å². The van der Waals surface area contributed by atoms with Crippen molar-refractivity contribution in [2.45, 2.75) is 6.54 Å². The maximum absolute atomic E-state index is 14.7. The molecule has 2 N–H and O–H groups in total. The van der Waals surface area contributed by atoms with Crippen molar-refractivity contribution in [1.29, 1.82) is 0 Å². The summed E-state index contributed by atoms with van der Waals surface area (Å²) >= 11 is 0. The first-order valence-electron chi connectivity index (χ1n) is 8.43. The lowest BCUT2D eigenvalue weighted by Gasteiger charge is -2.07. The van der Waals surface area contributed by atoms with Gasteiger partial charge in [0.15, 0.2) is 11.5 Å². The fourth-order valence-corrected chi connectivity index (χ4v) is 2.90. The van der Waals surface area contributed by atoms with Crippen LogP contribution in [0.4, 0.5) is 8.78 Å². The molecule has 0 spiro atoms. The van der Waals surface area contributed by atoms with E-state index in [1.54, 1.807) is 24.3 Å². The third-order valence-electron chi connectivity index (χ3n) is 4.42. The van der Waals surface area contributed by atoms with Gasteiger partial charge in [-0.25, -0.2) is 22.8 Å². The van der Waals surface area contributed by atoms with E-state index in [9.17, 15) is 13.6 Å². The Morgan fingerprint density at radius 2 is 1.90 bits per heavy atom. The third-order valence-corrected chi connectivity index (χ3v) is 4.42. The monoisotopic (exact) mass is 422 g/mol. The van der Waals surface area contributed by atoms with Crippen LogP contribution in [-0.2, 0) is 6.54 Å². The second-order valence-electron chi connectivity index (χ2n) is 6.15. The van der Waals surface area contributed by atoms with Gasteiger partial charge < -0.3 is 15.2 Å². The van der Waals surface area contributed by atoms with Crippen LogP contribution in [0.3, 0.4) is 0 Å². The Labute approximate surface area is 170 Å². The second kappa shape index (κ2) is 8.46. The summed E-state index contributed by atoms with van der Waals surface area (Å²) < 4.78 is 40.1. The molecule has 0 atom stereocenters. The van der Waals surface area contributed by atoms with Gasteiger partial charge in [0.2, 0.25) is 6.79 Å². The van der Waals surface area contributed by atoms with Gasteiger partial charge in [0.05, 0.1) is 18.6 Å². The normalized spacial score (nSPS) is 12.7. The van der Waals surface area contributed by atoms with Gasteiger partial charge >= 0.3 is 5.69 Å². The van der Waals surface area contributed by atoms with Crippen molar-refractivity contribution in [2.75, 3.05) is 13.3 Å². The molecule has 0 aliphatic carbocycles. The summed E-state index contributed by atoms with van der Waals surface area (Å²) in [6.07, 6.45) is 1.53. The van der Waals surface area contributed by atoms with E-state index in [-0.39, 0.29) is 43.5 Å². The van der Waals surface area contributed by atoms with Crippen molar-refractivity contribution in [1.82, 2.24) is 14.3 Å². The molecule has 10 heteroatoms. The minimum absolute atomic E-state index is 0. The van der Waals surface area contributed by atoms with Crippen LogP contribution in [0.25, 0.3) is 16.8 Å². The summed E-state index contributed by atoms with van der Waals surface area (Å²) in [5.74, 6) is 0.631. The Bertz CT molecular complexity index is 1130. The molecule has 1 aromatic heterocycles. The number of nitrogens with zero attached hydrogens (tertiary/aromatic N) is 3. The van der Waals surface area contributed by atoms with Gasteiger partial charge in [-0.1, -0.05) is 12.1 Å². The highest BCUT2D eigenvalue weighted by Crippen LogP contribution is 2.36. The van der Waals surface area contributed by atoms with Crippen LogP contribution >= 0.6 is 12.4 Å². The minimum Gasteiger partial charge on any atom is -0.454 e. The lowest BCUT2D eigenvalue weighted by molar-refractivity contribution is 0.174. The molecule has 0 saturated heterocycles. The standard InChI is InChI=1S/C19H16F2N4O3.ClH/c20-7-12(8-22)9-25-19(26)24(10-23-25)16-3-1-13(5-15(16)21)14-2-4-17-18(6-14)28-11-27-17;/h1-7,10H,8-9,11,22H2;1H/b12-7+;. The Hall–Kier alpha value is -3.17. The van der Waals surface area contributed by atoms with E-state index in [0.717, 1.165) is 14.8 Å². The van der Waals surface area contributed by atoms with Gasteiger partial charge in [0.1, 0.15) is 12.1 Å². The summed E-state index contributed by atoms with van der Waals surface area (Å²) in [6, 6.07) is 9.81. The Morgan fingerprint density at radius 1 is 1.17 bits per heavy atom. The second-order valence-corrected chi connectivity index (χ2v) is 6.15. The van der Waals surface area contributed by atoms with Crippen molar-refractivity contribution >= 4 is 12.4 Å².